The van der Waals surface area contributed by atoms with Gasteiger partial charge in [0.15, 0.2) is 5.75 Å². The third-order valence-corrected chi connectivity index (χ3v) is 3.60. The van der Waals surface area contributed by atoms with Gasteiger partial charge in [-0.05, 0) is 53.7 Å². The van der Waals surface area contributed by atoms with Gasteiger partial charge >= 0.3 is 6.61 Å². The first kappa shape index (κ1) is 17.5. The second-order valence-electron chi connectivity index (χ2n) is 5.16. The Bertz CT molecular complexity index is 443. The van der Waals surface area contributed by atoms with Crippen LogP contribution in [0.15, 0.2) is 16.6 Å². The molecular weight excluding hydrogens is 352 g/mol. The van der Waals surface area contributed by atoms with E-state index < -0.39 is 6.61 Å². The van der Waals surface area contributed by atoms with Crippen LogP contribution in [0.25, 0.3) is 0 Å². The van der Waals surface area contributed by atoms with E-state index in [-0.39, 0.29) is 11.8 Å². The van der Waals surface area contributed by atoms with Gasteiger partial charge in [-0.2, -0.15) is 8.78 Å². The van der Waals surface area contributed by atoms with Gasteiger partial charge in [0.2, 0.25) is 0 Å². The van der Waals surface area contributed by atoms with E-state index in [1.807, 2.05) is 6.92 Å². The zero-order chi connectivity index (χ0) is 15.3. The molecule has 2 nitrogen and oxygen atoms in total. The monoisotopic (exact) mass is 369 g/mol. The standard InChI is InChI=1S/C14H19BrClF2NO/c1-8(2)4-5-9(3)19-12-7-10(16)6-11(15)13(12)20-14(17)18/h6-9,14,19H,4-5H2,1-3H3. The van der Waals surface area contributed by atoms with Crippen LogP contribution in [0.2, 0.25) is 5.02 Å². The molecule has 0 bridgehead atoms. The molecule has 20 heavy (non-hydrogen) atoms. The summed E-state index contributed by atoms with van der Waals surface area (Å²) in [6.07, 6.45) is 2.00. The van der Waals surface area contributed by atoms with Crippen molar-refractivity contribution < 1.29 is 13.5 Å². The van der Waals surface area contributed by atoms with Gasteiger partial charge < -0.3 is 10.1 Å². The lowest BCUT2D eigenvalue weighted by Gasteiger charge is -2.20. The molecular formula is C14H19BrClF2NO. The minimum atomic E-state index is -2.88. The van der Waals surface area contributed by atoms with E-state index in [9.17, 15) is 8.78 Å². The summed E-state index contributed by atoms with van der Waals surface area (Å²) in [4.78, 5) is 0. The highest BCUT2D eigenvalue weighted by atomic mass is 79.9. The van der Waals surface area contributed by atoms with Crippen molar-refractivity contribution in [2.24, 2.45) is 5.92 Å². The Morgan fingerprint density at radius 2 is 1.90 bits per heavy atom. The van der Waals surface area contributed by atoms with Crippen molar-refractivity contribution in [3.63, 3.8) is 0 Å². The van der Waals surface area contributed by atoms with Gasteiger partial charge in [-0.1, -0.05) is 25.4 Å². The number of benzene rings is 1. The Balaban J connectivity index is 2.86. The fraction of sp³-hybridized carbons (Fsp3) is 0.571. The van der Waals surface area contributed by atoms with E-state index in [0.717, 1.165) is 12.8 Å². The number of hydrogen-bond donors (Lipinski definition) is 1. The first-order valence-corrected chi connectivity index (χ1v) is 7.67. The van der Waals surface area contributed by atoms with Gasteiger partial charge in [0.1, 0.15) is 0 Å². The van der Waals surface area contributed by atoms with E-state index in [0.29, 0.717) is 21.1 Å². The van der Waals surface area contributed by atoms with Crippen molar-refractivity contribution in [3.8, 4) is 5.75 Å². The number of nitrogens with one attached hydrogen (secondary N) is 1. The number of anilines is 1. The molecule has 1 atom stereocenters. The fourth-order valence-electron chi connectivity index (χ4n) is 1.80. The van der Waals surface area contributed by atoms with Gasteiger partial charge in [-0.15, -0.1) is 0 Å². The smallest absolute Gasteiger partial charge is 0.387 e. The molecule has 0 fully saturated rings. The van der Waals surface area contributed by atoms with Crippen LogP contribution in [0.5, 0.6) is 5.75 Å². The van der Waals surface area contributed by atoms with E-state index in [4.69, 9.17) is 11.6 Å². The molecule has 0 saturated heterocycles. The first-order chi connectivity index (χ1) is 9.29. The van der Waals surface area contributed by atoms with Crippen molar-refractivity contribution in [1.29, 1.82) is 0 Å². The second kappa shape index (κ2) is 8.03. The molecule has 0 aromatic heterocycles. The summed E-state index contributed by atoms with van der Waals surface area (Å²) in [7, 11) is 0. The summed E-state index contributed by atoms with van der Waals surface area (Å²) in [6, 6.07) is 3.27. The first-order valence-electron chi connectivity index (χ1n) is 6.50. The maximum absolute atomic E-state index is 12.5. The van der Waals surface area contributed by atoms with Crippen LogP contribution in [0.4, 0.5) is 14.5 Å². The van der Waals surface area contributed by atoms with E-state index in [1.165, 1.54) is 6.07 Å². The molecule has 0 heterocycles. The van der Waals surface area contributed by atoms with E-state index in [2.05, 4.69) is 39.8 Å². The third-order valence-electron chi connectivity index (χ3n) is 2.79. The van der Waals surface area contributed by atoms with Crippen LogP contribution >= 0.6 is 27.5 Å². The Morgan fingerprint density at radius 3 is 2.45 bits per heavy atom. The number of alkyl halides is 2. The molecule has 114 valence electrons. The topological polar surface area (TPSA) is 21.3 Å². The van der Waals surface area contributed by atoms with Gasteiger partial charge in [-0.25, -0.2) is 0 Å². The molecule has 0 aliphatic carbocycles. The Morgan fingerprint density at radius 1 is 1.25 bits per heavy atom. The van der Waals surface area contributed by atoms with Crippen LogP contribution in [0.1, 0.15) is 33.6 Å². The Kier molecular flexibility index (Phi) is 7.03. The molecule has 1 aromatic rings. The fourth-order valence-corrected chi connectivity index (χ4v) is 2.70. The predicted molar refractivity (Wildman–Crippen MR) is 82.9 cm³/mol. The Hall–Kier alpha value is -0.550. The largest absolute Gasteiger partial charge is 0.431 e. The predicted octanol–water partition coefficient (Wildman–Crippen LogP) is 5.94. The Labute approximate surface area is 132 Å². The van der Waals surface area contributed by atoms with Crippen LogP contribution in [0, 0.1) is 5.92 Å². The highest BCUT2D eigenvalue weighted by Crippen LogP contribution is 2.38. The average molecular weight is 371 g/mol. The maximum Gasteiger partial charge on any atom is 0.387 e. The second-order valence-corrected chi connectivity index (χ2v) is 6.45. The normalized spacial score (nSPS) is 12.8. The molecule has 0 amide bonds. The minimum Gasteiger partial charge on any atom is -0.431 e. The average Bonchev–Trinajstić information content (AvgIpc) is 2.30. The molecule has 1 N–H and O–H groups in total. The third kappa shape index (κ3) is 5.83. The van der Waals surface area contributed by atoms with Crippen molar-refractivity contribution in [2.45, 2.75) is 46.3 Å². The number of ether oxygens (including phenoxy) is 1. The SMILES string of the molecule is CC(C)CCC(C)Nc1cc(Cl)cc(Br)c1OC(F)F. The lowest BCUT2D eigenvalue weighted by Crippen LogP contribution is -2.17. The number of halogens is 4. The van der Waals surface area contributed by atoms with E-state index in [1.54, 1.807) is 6.07 Å². The number of rotatable bonds is 7. The zero-order valence-corrected chi connectivity index (χ0v) is 14.1. The summed E-state index contributed by atoms with van der Waals surface area (Å²) in [6.45, 7) is 3.42. The molecule has 1 aromatic carbocycles. The molecule has 0 spiro atoms. The maximum atomic E-state index is 12.5. The van der Waals surface area contributed by atoms with Crippen LogP contribution < -0.4 is 10.1 Å². The number of hydrogen-bond acceptors (Lipinski definition) is 2. The zero-order valence-electron chi connectivity index (χ0n) is 11.7. The molecule has 0 aliphatic heterocycles. The summed E-state index contributed by atoms with van der Waals surface area (Å²) in [5.41, 5.74) is 0.473. The van der Waals surface area contributed by atoms with Crippen molar-refractivity contribution in [2.75, 3.05) is 5.32 Å². The van der Waals surface area contributed by atoms with Gasteiger partial charge in [0.05, 0.1) is 10.2 Å². The lowest BCUT2D eigenvalue weighted by atomic mass is 10.0. The van der Waals surface area contributed by atoms with Crippen LogP contribution in [-0.2, 0) is 0 Å². The summed E-state index contributed by atoms with van der Waals surface area (Å²) >= 11 is 9.15. The highest BCUT2D eigenvalue weighted by Gasteiger charge is 2.16. The van der Waals surface area contributed by atoms with Crippen molar-refractivity contribution >= 4 is 33.2 Å². The molecule has 0 aliphatic rings. The van der Waals surface area contributed by atoms with Gasteiger partial charge in [-0.3, -0.25) is 0 Å². The molecule has 0 radical (unpaired) electrons. The summed E-state index contributed by atoms with van der Waals surface area (Å²) < 4.78 is 29.9. The van der Waals surface area contributed by atoms with Gasteiger partial charge in [0, 0.05) is 11.1 Å². The minimum absolute atomic E-state index is 0.0841. The van der Waals surface area contributed by atoms with Gasteiger partial charge in [0.25, 0.3) is 0 Å². The molecule has 1 rings (SSSR count). The van der Waals surface area contributed by atoms with Crippen LogP contribution in [-0.4, -0.2) is 12.7 Å². The van der Waals surface area contributed by atoms with Crippen LogP contribution in [0.3, 0.4) is 0 Å². The molecule has 1 unspecified atom stereocenters. The lowest BCUT2D eigenvalue weighted by molar-refractivity contribution is -0.0498. The highest BCUT2D eigenvalue weighted by molar-refractivity contribution is 9.10. The molecule has 0 saturated carbocycles. The quantitative estimate of drug-likeness (QED) is 0.641. The summed E-state index contributed by atoms with van der Waals surface area (Å²) in [5, 5.41) is 3.64. The van der Waals surface area contributed by atoms with E-state index >= 15 is 0 Å². The molecule has 6 heteroatoms. The van der Waals surface area contributed by atoms with Crippen molar-refractivity contribution in [3.05, 3.63) is 21.6 Å². The van der Waals surface area contributed by atoms with Crippen molar-refractivity contribution in [1.82, 2.24) is 0 Å². The summed E-state index contributed by atoms with van der Waals surface area (Å²) in [5.74, 6) is 0.683.